The zero-order valence-electron chi connectivity index (χ0n) is 14.0. The van der Waals surface area contributed by atoms with Gasteiger partial charge in [-0.2, -0.15) is 10.1 Å². The van der Waals surface area contributed by atoms with Crippen LogP contribution < -0.4 is 0 Å². The quantitative estimate of drug-likeness (QED) is 0.483. The van der Waals surface area contributed by atoms with Gasteiger partial charge in [0.1, 0.15) is 0 Å². The number of nitro benzene ring substituents is 1. The summed E-state index contributed by atoms with van der Waals surface area (Å²) in [6, 6.07) is 15.2. The molecule has 0 radical (unpaired) electrons. The van der Waals surface area contributed by atoms with Gasteiger partial charge in [-0.3, -0.25) is 19.7 Å². The lowest BCUT2D eigenvalue weighted by Crippen LogP contribution is -2.37. The van der Waals surface area contributed by atoms with Crippen LogP contribution in [0.3, 0.4) is 0 Å². The molecule has 0 aromatic heterocycles. The lowest BCUT2D eigenvalue weighted by Gasteiger charge is -2.23. The van der Waals surface area contributed by atoms with E-state index in [1.807, 2.05) is 30.3 Å². The van der Waals surface area contributed by atoms with Crippen LogP contribution >= 0.6 is 0 Å². The fraction of sp³-hybridized carbons (Fsp3) is 0.105. The molecule has 7 heteroatoms. The van der Waals surface area contributed by atoms with E-state index < -0.39 is 16.7 Å². The van der Waals surface area contributed by atoms with Gasteiger partial charge >= 0.3 is 0 Å². The van der Waals surface area contributed by atoms with Crippen molar-refractivity contribution in [3.8, 4) is 0 Å². The number of nitrogens with zero attached hydrogens (tertiary/aromatic N) is 3. The van der Waals surface area contributed by atoms with Crippen molar-refractivity contribution >= 4 is 29.3 Å². The summed E-state index contributed by atoms with van der Waals surface area (Å²) in [5, 5.41) is 15.8. The Labute approximate surface area is 149 Å². The summed E-state index contributed by atoms with van der Waals surface area (Å²) in [5.41, 5.74) is 2.42. The third-order valence-electron chi connectivity index (χ3n) is 3.90. The highest BCUT2D eigenvalue weighted by atomic mass is 16.6. The zero-order chi connectivity index (χ0) is 18.7. The number of carbonyl (C=O) groups excluding carboxylic acids is 2. The van der Waals surface area contributed by atoms with Crippen LogP contribution in [-0.4, -0.2) is 27.5 Å². The highest BCUT2D eigenvalue weighted by molar-refractivity contribution is 6.16. The van der Waals surface area contributed by atoms with Crippen LogP contribution in [0.5, 0.6) is 0 Å². The summed E-state index contributed by atoms with van der Waals surface area (Å²) < 4.78 is 0. The summed E-state index contributed by atoms with van der Waals surface area (Å²) in [7, 11) is 0. The minimum Gasteiger partial charge on any atom is -0.273 e. The average molecular weight is 349 g/mol. The van der Waals surface area contributed by atoms with Crippen LogP contribution in [-0.2, 0) is 9.59 Å². The molecule has 130 valence electrons. The lowest BCUT2D eigenvalue weighted by molar-refractivity contribution is -0.384. The van der Waals surface area contributed by atoms with Crippen molar-refractivity contribution in [3.05, 3.63) is 81.4 Å². The van der Waals surface area contributed by atoms with Crippen molar-refractivity contribution in [3.63, 3.8) is 0 Å². The molecule has 2 amide bonds. The molecule has 26 heavy (non-hydrogen) atoms. The molecule has 0 unspecified atom stereocenters. The standard InChI is InChI=1S/C19H15N3O4/c1-13(23)21-19(24)16(11-14-7-9-17(10-8-14)22(25)26)12-18(20-21)15-5-3-2-4-6-15/h2-11H,12H2,1H3. The van der Waals surface area contributed by atoms with Crippen molar-refractivity contribution in [2.45, 2.75) is 13.3 Å². The van der Waals surface area contributed by atoms with Crippen molar-refractivity contribution in [2.24, 2.45) is 5.10 Å². The van der Waals surface area contributed by atoms with E-state index in [4.69, 9.17) is 0 Å². The fourth-order valence-corrected chi connectivity index (χ4v) is 2.60. The van der Waals surface area contributed by atoms with Crippen LogP contribution in [0.1, 0.15) is 24.5 Å². The normalized spacial score (nSPS) is 15.7. The van der Waals surface area contributed by atoms with Gasteiger partial charge in [-0.25, -0.2) is 0 Å². The molecule has 3 rings (SSSR count). The van der Waals surface area contributed by atoms with Crippen LogP contribution in [0.25, 0.3) is 6.08 Å². The van der Waals surface area contributed by atoms with Crippen LogP contribution in [0.2, 0.25) is 0 Å². The molecular weight excluding hydrogens is 334 g/mol. The first-order valence-electron chi connectivity index (χ1n) is 7.88. The van der Waals surface area contributed by atoms with Gasteiger partial charge in [-0.05, 0) is 29.3 Å². The fourth-order valence-electron chi connectivity index (χ4n) is 2.60. The predicted octanol–water partition coefficient (Wildman–Crippen LogP) is 3.16. The van der Waals surface area contributed by atoms with E-state index >= 15 is 0 Å². The Bertz CT molecular complexity index is 931. The Balaban J connectivity index is 1.98. The molecule has 0 spiro atoms. The number of non-ortho nitro benzene ring substituents is 1. The maximum absolute atomic E-state index is 12.5. The monoisotopic (exact) mass is 349 g/mol. The number of amides is 2. The second-order valence-electron chi connectivity index (χ2n) is 5.74. The van der Waals surface area contributed by atoms with Crippen molar-refractivity contribution in [2.75, 3.05) is 0 Å². The summed E-state index contributed by atoms with van der Waals surface area (Å²) in [6.07, 6.45) is 1.89. The smallest absolute Gasteiger partial charge is 0.273 e. The molecule has 0 saturated heterocycles. The molecule has 0 aliphatic carbocycles. The van der Waals surface area contributed by atoms with Gasteiger partial charge in [0.05, 0.1) is 10.6 Å². The topological polar surface area (TPSA) is 92.9 Å². The number of nitro groups is 1. The minimum absolute atomic E-state index is 0.0287. The Kier molecular flexibility index (Phi) is 4.70. The Morgan fingerprint density at radius 3 is 2.38 bits per heavy atom. The van der Waals surface area contributed by atoms with E-state index in [-0.39, 0.29) is 12.1 Å². The Morgan fingerprint density at radius 1 is 1.15 bits per heavy atom. The Morgan fingerprint density at radius 2 is 1.81 bits per heavy atom. The molecule has 1 heterocycles. The number of imide groups is 1. The van der Waals surface area contributed by atoms with Gasteiger partial charge in [0.2, 0.25) is 5.91 Å². The van der Waals surface area contributed by atoms with Crippen molar-refractivity contribution in [1.29, 1.82) is 0 Å². The molecule has 0 bridgehead atoms. The first-order valence-corrected chi connectivity index (χ1v) is 7.88. The molecular formula is C19H15N3O4. The van der Waals surface area contributed by atoms with Crippen LogP contribution in [0.15, 0.2) is 65.3 Å². The maximum Gasteiger partial charge on any atom is 0.277 e. The number of rotatable bonds is 3. The number of benzene rings is 2. The van der Waals surface area contributed by atoms with E-state index in [0.29, 0.717) is 16.8 Å². The minimum atomic E-state index is -0.490. The zero-order valence-corrected chi connectivity index (χ0v) is 14.0. The van der Waals surface area contributed by atoms with Gasteiger partial charge in [0.15, 0.2) is 0 Å². The molecule has 0 N–H and O–H groups in total. The number of hydrogen-bond donors (Lipinski definition) is 0. The van der Waals surface area contributed by atoms with Gasteiger partial charge in [0.25, 0.3) is 11.6 Å². The second-order valence-corrected chi connectivity index (χ2v) is 5.74. The molecule has 0 saturated carbocycles. The lowest BCUT2D eigenvalue weighted by atomic mass is 9.98. The maximum atomic E-state index is 12.5. The van der Waals surface area contributed by atoms with E-state index in [2.05, 4.69) is 5.10 Å². The van der Waals surface area contributed by atoms with E-state index in [9.17, 15) is 19.7 Å². The van der Waals surface area contributed by atoms with Gasteiger partial charge in [-0.15, -0.1) is 0 Å². The Hall–Kier alpha value is -3.61. The molecule has 2 aromatic rings. The summed E-state index contributed by atoms with van der Waals surface area (Å²) >= 11 is 0. The number of hydrazone groups is 1. The number of hydrogen-bond acceptors (Lipinski definition) is 5. The molecule has 0 fully saturated rings. The average Bonchev–Trinajstić information content (AvgIpc) is 2.64. The van der Waals surface area contributed by atoms with Crippen LogP contribution in [0, 0.1) is 10.1 Å². The van der Waals surface area contributed by atoms with Crippen LogP contribution in [0.4, 0.5) is 5.69 Å². The molecule has 0 atom stereocenters. The third-order valence-corrected chi connectivity index (χ3v) is 3.90. The van der Waals surface area contributed by atoms with E-state index in [0.717, 1.165) is 10.6 Å². The summed E-state index contributed by atoms with van der Waals surface area (Å²) in [5.74, 6) is -0.965. The highest BCUT2D eigenvalue weighted by Crippen LogP contribution is 2.23. The second kappa shape index (κ2) is 7.10. The van der Waals surface area contributed by atoms with Gasteiger partial charge < -0.3 is 0 Å². The highest BCUT2D eigenvalue weighted by Gasteiger charge is 2.28. The first kappa shape index (κ1) is 17.2. The van der Waals surface area contributed by atoms with Gasteiger partial charge in [-0.1, -0.05) is 30.3 Å². The van der Waals surface area contributed by atoms with Gasteiger partial charge in [0, 0.05) is 31.1 Å². The molecule has 7 nitrogen and oxygen atoms in total. The SMILES string of the molecule is CC(=O)N1N=C(c2ccccc2)CC(=Cc2ccc([N+](=O)[O-])cc2)C1=O. The molecule has 1 aliphatic rings. The largest absolute Gasteiger partial charge is 0.277 e. The van der Waals surface area contributed by atoms with Crippen molar-refractivity contribution < 1.29 is 14.5 Å². The first-order chi connectivity index (χ1) is 12.5. The van der Waals surface area contributed by atoms with E-state index in [1.165, 1.54) is 19.1 Å². The summed E-state index contributed by atoms with van der Waals surface area (Å²) in [4.78, 5) is 34.6. The number of carbonyl (C=O) groups is 2. The van der Waals surface area contributed by atoms with Crippen molar-refractivity contribution in [1.82, 2.24) is 5.01 Å². The third kappa shape index (κ3) is 3.56. The predicted molar refractivity (Wildman–Crippen MR) is 96.2 cm³/mol. The van der Waals surface area contributed by atoms with E-state index in [1.54, 1.807) is 18.2 Å². The molecule has 1 aliphatic heterocycles. The summed E-state index contributed by atoms with van der Waals surface area (Å²) in [6.45, 7) is 1.28. The molecule has 2 aromatic carbocycles.